The number of fused-ring (bicyclic) bond motifs is 1. The van der Waals surface area contributed by atoms with E-state index >= 15 is 0 Å². The second kappa shape index (κ2) is 7.78. The lowest BCUT2D eigenvalue weighted by Crippen LogP contribution is -2.04. The van der Waals surface area contributed by atoms with Gasteiger partial charge in [0.2, 0.25) is 0 Å². The molecule has 0 aliphatic heterocycles. The molecule has 0 atom stereocenters. The van der Waals surface area contributed by atoms with E-state index in [9.17, 15) is 4.79 Å². The summed E-state index contributed by atoms with van der Waals surface area (Å²) in [5, 5.41) is 6.61. The summed E-state index contributed by atoms with van der Waals surface area (Å²) in [5.41, 5.74) is 3.69. The first-order valence-electron chi connectivity index (χ1n) is 8.88. The van der Waals surface area contributed by atoms with E-state index in [0.717, 1.165) is 27.2 Å². The summed E-state index contributed by atoms with van der Waals surface area (Å²) in [4.78, 5) is 22.1. The summed E-state index contributed by atoms with van der Waals surface area (Å²) >= 11 is 1.61. The lowest BCUT2D eigenvalue weighted by molar-refractivity contribution is 0.0601. The Labute approximate surface area is 167 Å². The van der Waals surface area contributed by atoms with Crippen molar-refractivity contribution in [1.29, 1.82) is 0 Å². The molecule has 4 rings (SSSR count). The third kappa shape index (κ3) is 3.59. The number of thiophene rings is 1. The SMILES string of the molecule is COC(=O)c1ccc(-c2nc(NCc3ccccc3)c3c(C)csc3n2)cc1. The standard InChI is InChI=1S/C22H19N3O2S/c1-14-13-28-21-18(14)20(23-12-15-6-4-3-5-7-15)24-19(25-21)16-8-10-17(11-9-16)22(26)27-2/h3-11,13H,12H2,1-2H3,(H,23,24,25). The van der Waals surface area contributed by atoms with Gasteiger partial charge in [0.05, 0.1) is 18.1 Å². The van der Waals surface area contributed by atoms with E-state index in [0.29, 0.717) is 17.9 Å². The molecule has 0 unspecified atom stereocenters. The normalized spacial score (nSPS) is 10.8. The van der Waals surface area contributed by atoms with Gasteiger partial charge in [0.25, 0.3) is 0 Å². The van der Waals surface area contributed by atoms with Gasteiger partial charge in [-0.3, -0.25) is 0 Å². The molecule has 0 fully saturated rings. The number of rotatable bonds is 5. The van der Waals surface area contributed by atoms with Crippen LogP contribution in [0.1, 0.15) is 21.5 Å². The van der Waals surface area contributed by atoms with Crippen molar-refractivity contribution in [2.24, 2.45) is 0 Å². The molecule has 1 N–H and O–H groups in total. The van der Waals surface area contributed by atoms with Crippen LogP contribution in [0.15, 0.2) is 60.0 Å². The van der Waals surface area contributed by atoms with Gasteiger partial charge >= 0.3 is 5.97 Å². The molecule has 0 aliphatic rings. The zero-order valence-corrected chi connectivity index (χ0v) is 16.4. The summed E-state index contributed by atoms with van der Waals surface area (Å²) in [6.07, 6.45) is 0. The Morgan fingerprint density at radius 1 is 1.07 bits per heavy atom. The van der Waals surface area contributed by atoms with Gasteiger partial charge in [-0.15, -0.1) is 11.3 Å². The Bertz CT molecular complexity index is 1120. The van der Waals surface area contributed by atoms with Gasteiger partial charge in [-0.1, -0.05) is 42.5 Å². The molecule has 4 aromatic rings. The molecule has 0 saturated carbocycles. The number of carbonyl (C=O) groups excluding carboxylic acids is 1. The number of ether oxygens (including phenoxy) is 1. The largest absolute Gasteiger partial charge is 0.465 e. The summed E-state index contributed by atoms with van der Waals surface area (Å²) in [7, 11) is 1.37. The van der Waals surface area contributed by atoms with Crippen molar-refractivity contribution in [1.82, 2.24) is 9.97 Å². The number of nitrogens with one attached hydrogen (secondary N) is 1. The Kier molecular flexibility index (Phi) is 5.04. The number of nitrogens with zero attached hydrogens (tertiary/aromatic N) is 2. The van der Waals surface area contributed by atoms with Gasteiger partial charge in [0.1, 0.15) is 10.6 Å². The molecule has 0 spiro atoms. The van der Waals surface area contributed by atoms with Crippen molar-refractivity contribution in [2.45, 2.75) is 13.5 Å². The highest BCUT2D eigenvalue weighted by Crippen LogP contribution is 2.32. The van der Waals surface area contributed by atoms with E-state index in [1.807, 2.05) is 30.3 Å². The van der Waals surface area contributed by atoms with Gasteiger partial charge in [-0.25, -0.2) is 14.8 Å². The van der Waals surface area contributed by atoms with E-state index in [2.05, 4.69) is 29.8 Å². The van der Waals surface area contributed by atoms with E-state index < -0.39 is 0 Å². The Morgan fingerprint density at radius 2 is 1.82 bits per heavy atom. The van der Waals surface area contributed by atoms with Crippen molar-refractivity contribution >= 4 is 33.3 Å². The third-order valence-corrected chi connectivity index (χ3v) is 5.47. The molecule has 0 saturated heterocycles. The molecule has 6 heteroatoms. The number of benzene rings is 2. The van der Waals surface area contributed by atoms with Crippen LogP contribution in [-0.2, 0) is 11.3 Å². The van der Waals surface area contributed by atoms with Crippen LogP contribution in [0.25, 0.3) is 21.6 Å². The fourth-order valence-corrected chi connectivity index (χ4v) is 3.92. The molecule has 28 heavy (non-hydrogen) atoms. The summed E-state index contributed by atoms with van der Waals surface area (Å²) < 4.78 is 4.76. The van der Waals surface area contributed by atoms with E-state index in [1.54, 1.807) is 23.5 Å². The van der Waals surface area contributed by atoms with Crippen LogP contribution in [-0.4, -0.2) is 23.0 Å². The van der Waals surface area contributed by atoms with Crippen LogP contribution in [0.4, 0.5) is 5.82 Å². The number of aryl methyl sites for hydroxylation is 1. The van der Waals surface area contributed by atoms with Crippen LogP contribution in [0, 0.1) is 6.92 Å². The smallest absolute Gasteiger partial charge is 0.337 e. The fraction of sp³-hybridized carbons (Fsp3) is 0.136. The number of hydrogen-bond donors (Lipinski definition) is 1. The number of aromatic nitrogens is 2. The van der Waals surface area contributed by atoms with Crippen molar-refractivity contribution in [3.63, 3.8) is 0 Å². The zero-order chi connectivity index (χ0) is 19.5. The second-order valence-electron chi connectivity index (χ2n) is 6.40. The number of esters is 1. The average Bonchev–Trinajstić information content (AvgIpc) is 3.13. The summed E-state index contributed by atoms with van der Waals surface area (Å²) in [6, 6.07) is 17.4. The Hall–Kier alpha value is -3.25. The van der Waals surface area contributed by atoms with Gasteiger partial charge in [0.15, 0.2) is 5.82 Å². The molecule has 0 bridgehead atoms. The molecule has 5 nitrogen and oxygen atoms in total. The maximum atomic E-state index is 11.7. The summed E-state index contributed by atoms with van der Waals surface area (Å²) in [6.45, 7) is 2.75. The minimum absolute atomic E-state index is 0.359. The molecule has 0 amide bonds. The molecular weight excluding hydrogens is 370 g/mol. The predicted molar refractivity (Wildman–Crippen MR) is 113 cm³/mol. The van der Waals surface area contributed by atoms with Crippen LogP contribution >= 0.6 is 11.3 Å². The minimum atomic E-state index is -0.359. The van der Waals surface area contributed by atoms with Crippen molar-refractivity contribution in [3.8, 4) is 11.4 Å². The Balaban J connectivity index is 1.70. The average molecular weight is 389 g/mol. The van der Waals surface area contributed by atoms with Crippen LogP contribution < -0.4 is 5.32 Å². The lowest BCUT2D eigenvalue weighted by Gasteiger charge is -2.10. The third-order valence-electron chi connectivity index (χ3n) is 4.48. The highest BCUT2D eigenvalue weighted by Gasteiger charge is 2.14. The van der Waals surface area contributed by atoms with E-state index in [4.69, 9.17) is 14.7 Å². The second-order valence-corrected chi connectivity index (χ2v) is 7.26. The molecule has 140 valence electrons. The van der Waals surface area contributed by atoms with Gasteiger partial charge < -0.3 is 10.1 Å². The number of hydrogen-bond acceptors (Lipinski definition) is 6. The van der Waals surface area contributed by atoms with E-state index in [1.165, 1.54) is 12.7 Å². The van der Waals surface area contributed by atoms with Crippen molar-refractivity contribution < 1.29 is 9.53 Å². The molecule has 0 radical (unpaired) electrons. The monoisotopic (exact) mass is 389 g/mol. The van der Waals surface area contributed by atoms with Crippen molar-refractivity contribution in [2.75, 3.05) is 12.4 Å². The van der Waals surface area contributed by atoms with Gasteiger partial charge in [-0.05, 0) is 35.6 Å². The van der Waals surface area contributed by atoms with Crippen LogP contribution in [0.3, 0.4) is 0 Å². The van der Waals surface area contributed by atoms with E-state index in [-0.39, 0.29) is 5.97 Å². The van der Waals surface area contributed by atoms with Crippen LogP contribution in [0.5, 0.6) is 0 Å². The highest BCUT2D eigenvalue weighted by molar-refractivity contribution is 7.17. The first kappa shape index (κ1) is 18.1. The Morgan fingerprint density at radius 3 is 2.54 bits per heavy atom. The maximum Gasteiger partial charge on any atom is 0.337 e. The predicted octanol–water partition coefficient (Wildman–Crippen LogP) is 5.07. The number of methoxy groups -OCH3 is 1. The molecule has 2 heterocycles. The molecule has 2 aromatic carbocycles. The lowest BCUT2D eigenvalue weighted by atomic mass is 10.1. The van der Waals surface area contributed by atoms with Crippen molar-refractivity contribution in [3.05, 3.63) is 76.7 Å². The quantitative estimate of drug-likeness (QED) is 0.483. The molecule has 0 aliphatic carbocycles. The topological polar surface area (TPSA) is 64.1 Å². The number of carbonyl (C=O) groups is 1. The first-order chi connectivity index (χ1) is 13.7. The molecule has 2 aromatic heterocycles. The highest BCUT2D eigenvalue weighted by atomic mass is 32.1. The summed E-state index contributed by atoms with van der Waals surface area (Å²) in [5.74, 6) is 1.09. The first-order valence-corrected chi connectivity index (χ1v) is 9.76. The molecular formula is C22H19N3O2S. The minimum Gasteiger partial charge on any atom is -0.465 e. The van der Waals surface area contributed by atoms with Gasteiger partial charge in [0, 0.05) is 12.1 Å². The fourth-order valence-electron chi connectivity index (χ4n) is 3.00. The maximum absolute atomic E-state index is 11.7. The number of anilines is 1. The zero-order valence-electron chi connectivity index (χ0n) is 15.6. The van der Waals surface area contributed by atoms with Crippen LogP contribution in [0.2, 0.25) is 0 Å². The van der Waals surface area contributed by atoms with Gasteiger partial charge in [-0.2, -0.15) is 0 Å².